The van der Waals surface area contributed by atoms with Crippen molar-refractivity contribution < 1.29 is 0 Å². The van der Waals surface area contributed by atoms with E-state index in [2.05, 4.69) is 4.98 Å². The summed E-state index contributed by atoms with van der Waals surface area (Å²) in [5, 5.41) is 9.60. The van der Waals surface area contributed by atoms with Crippen molar-refractivity contribution in [3.8, 4) is 0 Å². The fraction of sp³-hybridized carbons (Fsp3) is 0.231. The Labute approximate surface area is 105 Å². The van der Waals surface area contributed by atoms with Crippen LogP contribution >= 0.6 is 11.6 Å². The third-order valence-corrected chi connectivity index (χ3v) is 3.44. The lowest BCUT2D eigenvalue weighted by Crippen LogP contribution is -2.23. The fourth-order valence-electron chi connectivity index (χ4n) is 2.28. The molecule has 3 nitrogen and oxygen atoms in total. The fourth-order valence-corrected chi connectivity index (χ4v) is 2.50. The summed E-state index contributed by atoms with van der Waals surface area (Å²) in [4.78, 5) is 6.42. The van der Waals surface area contributed by atoms with Crippen LogP contribution in [0.4, 0.5) is 5.69 Å². The zero-order chi connectivity index (χ0) is 11.8. The normalized spacial score (nSPS) is 15.8. The molecule has 2 aromatic rings. The smallest absolute Gasteiger partial charge is 0.100 e. The second-order valence-electron chi connectivity index (χ2n) is 4.17. The molecule has 0 amide bonds. The predicted octanol–water partition coefficient (Wildman–Crippen LogP) is 3.47. The van der Waals surface area contributed by atoms with Crippen LogP contribution in [0, 0.1) is 5.41 Å². The van der Waals surface area contributed by atoms with E-state index >= 15 is 0 Å². The van der Waals surface area contributed by atoms with Crippen LogP contribution in [0.5, 0.6) is 0 Å². The molecule has 0 bridgehead atoms. The monoisotopic (exact) mass is 245 g/mol. The van der Waals surface area contributed by atoms with Crippen LogP contribution in [-0.2, 0) is 0 Å². The van der Waals surface area contributed by atoms with Gasteiger partial charge in [0.1, 0.15) is 5.84 Å². The molecule has 86 valence electrons. The van der Waals surface area contributed by atoms with Gasteiger partial charge in [-0.3, -0.25) is 10.4 Å². The van der Waals surface area contributed by atoms with Crippen LogP contribution in [0.25, 0.3) is 10.9 Å². The molecule has 0 atom stereocenters. The van der Waals surface area contributed by atoms with Gasteiger partial charge >= 0.3 is 0 Å². The van der Waals surface area contributed by atoms with Gasteiger partial charge in [0.25, 0.3) is 0 Å². The lowest BCUT2D eigenvalue weighted by Gasteiger charge is -2.19. The molecule has 2 heterocycles. The number of pyridine rings is 1. The van der Waals surface area contributed by atoms with Crippen molar-refractivity contribution in [1.29, 1.82) is 5.41 Å². The number of hydrogen-bond donors (Lipinski definition) is 1. The molecule has 0 radical (unpaired) electrons. The molecule has 0 aliphatic carbocycles. The van der Waals surface area contributed by atoms with E-state index in [1.165, 1.54) is 0 Å². The van der Waals surface area contributed by atoms with Gasteiger partial charge < -0.3 is 4.90 Å². The standard InChI is InChI=1S/C13H12ClN3/c14-10-5-6-11(17-8-2-4-12(17)15)13-9(10)3-1-7-16-13/h1,3,5-7,15H,2,4,8H2. The van der Waals surface area contributed by atoms with Gasteiger partial charge in [0.15, 0.2) is 0 Å². The number of aromatic nitrogens is 1. The van der Waals surface area contributed by atoms with E-state index < -0.39 is 0 Å². The van der Waals surface area contributed by atoms with Gasteiger partial charge in [0, 0.05) is 24.5 Å². The number of halogens is 1. The van der Waals surface area contributed by atoms with Crippen LogP contribution in [0.2, 0.25) is 5.02 Å². The van der Waals surface area contributed by atoms with Gasteiger partial charge in [-0.1, -0.05) is 11.6 Å². The zero-order valence-electron chi connectivity index (χ0n) is 9.28. The highest BCUT2D eigenvalue weighted by molar-refractivity contribution is 6.36. The predicted molar refractivity (Wildman–Crippen MR) is 71.1 cm³/mol. The second kappa shape index (κ2) is 4.00. The summed E-state index contributed by atoms with van der Waals surface area (Å²) < 4.78 is 0. The largest absolute Gasteiger partial charge is 0.328 e. The topological polar surface area (TPSA) is 40.0 Å². The summed E-state index contributed by atoms with van der Waals surface area (Å²) in [6.07, 6.45) is 3.65. The first-order valence-corrected chi connectivity index (χ1v) is 6.03. The van der Waals surface area contributed by atoms with Gasteiger partial charge in [-0.15, -0.1) is 0 Å². The molecule has 1 aliphatic rings. The van der Waals surface area contributed by atoms with Crippen molar-refractivity contribution in [2.45, 2.75) is 12.8 Å². The van der Waals surface area contributed by atoms with Crippen molar-refractivity contribution in [2.75, 3.05) is 11.4 Å². The van der Waals surface area contributed by atoms with E-state index in [-0.39, 0.29) is 0 Å². The number of nitrogens with one attached hydrogen (secondary N) is 1. The molecule has 1 N–H and O–H groups in total. The Morgan fingerprint density at radius 1 is 1.29 bits per heavy atom. The first-order chi connectivity index (χ1) is 8.27. The third-order valence-electron chi connectivity index (χ3n) is 3.11. The Kier molecular flexibility index (Phi) is 2.48. The Hall–Kier alpha value is -1.61. The summed E-state index contributed by atoms with van der Waals surface area (Å²) in [7, 11) is 0. The number of rotatable bonds is 1. The highest BCUT2D eigenvalue weighted by Gasteiger charge is 2.21. The Morgan fingerprint density at radius 3 is 2.94 bits per heavy atom. The molecule has 1 fully saturated rings. The molecule has 1 saturated heterocycles. The molecule has 17 heavy (non-hydrogen) atoms. The molecule has 1 aliphatic heterocycles. The zero-order valence-corrected chi connectivity index (χ0v) is 10.0. The first-order valence-electron chi connectivity index (χ1n) is 5.65. The molecule has 0 spiro atoms. The van der Waals surface area contributed by atoms with Crippen molar-refractivity contribution >= 4 is 34.0 Å². The number of fused-ring (bicyclic) bond motifs is 1. The maximum absolute atomic E-state index is 7.94. The quantitative estimate of drug-likeness (QED) is 0.836. The lowest BCUT2D eigenvalue weighted by atomic mass is 10.2. The molecule has 3 rings (SSSR count). The van der Waals surface area contributed by atoms with Crippen LogP contribution in [0.3, 0.4) is 0 Å². The van der Waals surface area contributed by atoms with Gasteiger partial charge in [-0.2, -0.15) is 0 Å². The molecular weight excluding hydrogens is 234 g/mol. The van der Waals surface area contributed by atoms with Gasteiger partial charge in [-0.25, -0.2) is 0 Å². The average Bonchev–Trinajstić information content (AvgIpc) is 2.77. The number of anilines is 1. The molecule has 1 aromatic carbocycles. The van der Waals surface area contributed by atoms with E-state index in [9.17, 15) is 0 Å². The molecular formula is C13H12ClN3. The van der Waals surface area contributed by atoms with E-state index in [1.54, 1.807) is 6.20 Å². The van der Waals surface area contributed by atoms with Crippen LogP contribution < -0.4 is 4.90 Å². The van der Waals surface area contributed by atoms with Crippen molar-refractivity contribution in [3.05, 3.63) is 35.5 Å². The summed E-state index contributed by atoms with van der Waals surface area (Å²) >= 11 is 6.16. The maximum atomic E-state index is 7.94. The van der Waals surface area contributed by atoms with Crippen LogP contribution in [0.1, 0.15) is 12.8 Å². The highest BCUT2D eigenvalue weighted by atomic mass is 35.5. The highest BCUT2D eigenvalue weighted by Crippen LogP contribution is 2.32. The summed E-state index contributed by atoms with van der Waals surface area (Å²) in [5.74, 6) is 0.666. The lowest BCUT2D eigenvalue weighted by molar-refractivity contribution is 0.957. The molecule has 1 aromatic heterocycles. The van der Waals surface area contributed by atoms with Crippen LogP contribution in [0.15, 0.2) is 30.5 Å². The Bertz CT molecular complexity index is 594. The summed E-state index contributed by atoms with van der Waals surface area (Å²) in [5.41, 5.74) is 1.87. The van der Waals surface area contributed by atoms with E-state index in [1.807, 2.05) is 29.2 Å². The van der Waals surface area contributed by atoms with Crippen molar-refractivity contribution in [2.24, 2.45) is 0 Å². The van der Waals surface area contributed by atoms with E-state index in [0.29, 0.717) is 10.9 Å². The Balaban J connectivity index is 2.23. The maximum Gasteiger partial charge on any atom is 0.100 e. The van der Waals surface area contributed by atoms with Gasteiger partial charge in [-0.05, 0) is 30.7 Å². The number of nitrogens with zero attached hydrogens (tertiary/aromatic N) is 2. The van der Waals surface area contributed by atoms with Crippen molar-refractivity contribution in [1.82, 2.24) is 4.98 Å². The van der Waals surface area contributed by atoms with Crippen LogP contribution in [-0.4, -0.2) is 17.4 Å². The SMILES string of the molecule is N=C1CCCN1c1ccc(Cl)c2cccnc12. The van der Waals surface area contributed by atoms with Gasteiger partial charge in [0.2, 0.25) is 0 Å². The Morgan fingerprint density at radius 2 is 2.18 bits per heavy atom. The third kappa shape index (κ3) is 1.67. The first kappa shape index (κ1) is 10.5. The number of hydrogen-bond acceptors (Lipinski definition) is 2. The van der Waals surface area contributed by atoms with E-state index in [0.717, 1.165) is 36.0 Å². The minimum absolute atomic E-state index is 0.666. The summed E-state index contributed by atoms with van der Waals surface area (Å²) in [6.45, 7) is 0.895. The van der Waals surface area contributed by atoms with Crippen molar-refractivity contribution in [3.63, 3.8) is 0 Å². The number of benzene rings is 1. The molecule has 0 unspecified atom stereocenters. The molecule has 0 saturated carbocycles. The minimum Gasteiger partial charge on any atom is -0.328 e. The van der Waals surface area contributed by atoms with Gasteiger partial charge in [0.05, 0.1) is 16.2 Å². The molecule has 4 heteroatoms. The average molecular weight is 246 g/mol. The number of amidine groups is 1. The van der Waals surface area contributed by atoms with E-state index in [4.69, 9.17) is 17.0 Å². The minimum atomic E-state index is 0.666. The second-order valence-corrected chi connectivity index (χ2v) is 4.58. The summed E-state index contributed by atoms with van der Waals surface area (Å²) in [6, 6.07) is 7.69.